The molecule has 1 aromatic rings. The van der Waals surface area contributed by atoms with Crippen molar-refractivity contribution in [3.8, 4) is 0 Å². The number of rotatable bonds is 2. The van der Waals surface area contributed by atoms with Crippen molar-refractivity contribution >= 4 is 11.6 Å². The Morgan fingerprint density at radius 2 is 1.94 bits per heavy atom. The number of hydrogen-bond donors (Lipinski definition) is 0. The van der Waals surface area contributed by atoms with Crippen LogP contribution in [0.4, 0.5) is 0 Å². The minimum Gasteiger partial charge on any atom is -0.381 e. The summed E-state index contributed by atoms with van der Waals surface area (Å²) in [6.07, 6.45) is 2.08. The van der Waals surface area contributed by atoms with E-state index in [1.165, 1.54) is 16.7 Å². The Balaban J connectivity index is 2.42. The van der Waals surface area contributed by atoms with Gasteiger partial charge in [0.15, 0.2) is 0 Å². The first kappa shape index (κ1) is 11.9. The molecule has 1 aliphatic heterocycles. The van der Waals surface area contributed by atoms with Crippen molar-refractivity contribution < 1.29 is 4.74 Å². The third kappa shape index (κ3) is 2.11. The third-order valence-electron chi connectivity index (χ3n) is 3.67. The minimum absolute atomic E-state index is 0.135. The molecule has 1 heterocycles. The van der Waals surface area contributed by atoms with Crippen LogP contribution in [0, 0.1) is 13.8 Å². The van der Waals surface area contributed by atoms with Crippen LogP contribution in [0.25, 0.3) is 0 Å². The summed E-state index contributed by atoms with van der Waals surface area (Å²) in [4.78, 5) is 0. The number of aryl methyl sites for hydroxylation is 2. The summed E-state index contributed by atoms with van der Waals surface area (Å²) >= 11 is 6.24. The lowest BCUT2D eigenvalue weighted by Gasteiger charge is -2.37. The molecule has 2 heteroatoms. The normalized spacial score (nSPS) is 19.7. The predicted octanol–water partition coefficient (Wildman–Crippen LogP) is 3.59. The van der Waals surface area contributed by atoms with Gasteiger partial charge in [-0.1, -0.05) is 23.8 Å². The Kier molecular flexibility index (Phi) is 3.56. The molecule has 0 amide bonds. The molecule has 1 nitrogen and oxygen atoms in total. The molecule has 1 fully saturated rings. The largest absolute Gasteiger partial charge is 0.381 e. The van der Waals surface area contributed by atoms with Crippen LogP contribution in [0.2, 0.25) is 0 Å². The number of alkyl halides is 1. The molecule has 0 unspecified atom stereocenters. The van der Waals surface area contributed by atoms with E-state index in [2.05, 4.69) is 32.0 Å². The average molecular weight is 239 g/mol. The number of hydrogen-bond acceptors (Lipinski definition) is 1. The molecule has 1 aliphatic rings. The maximum absolute atomic E-state index is 6.24. The summed E-state index contributed by atoms with van der Waals surface area (Å²) in [6.45, 7) is 5.99. The van der Waals surface area contributed by atoms with E-state index in [1.54, 1.807) is 0 Å². The van der Waals surface area contributed by atoms with Crippen LogP contribution in [0.1, 0.15) is 29.5 Å². The quantitative estimate of drug-likeness (QED) is 0.716. The molecule has 2 rings (SSSR count). The van der Waals surface area contributed by atoms with Crippen LogP contribution in [0.5, 0.6) is 0 Å². The van der Waals surface area contributed by atoms with Crippen LogP contribution >= 0.6 is 11.6 Å². The monoisotopic (exact) mass is 238 g/mol. The fourth-order valence-corrected chi connectivity index (χ4v) is 2.96. The second-order valence-electron chi connectivity index (χ2n) is 4.84. The summed E-state index contributed by atoms with van der Waals surface area (Å²) in [5.41, 5.74) is 4.23. The van der Waals surface area contributed by atoms with Crippen molar-refractivity contribution in [2.75, 3.05) is 19.1 Å². The van der Waals surface area contributed by atoms with Gasteiger partial charge in [-0.05, 0) is 37.8 Å². The molecule has 0 bridgehead atoms. The van der Waals surface area contributed by atoms with Crippen LogP contribution in [0.3, 0.4) is 0 Å². The van der Waals surface area contributed by atoms with Gasteiger partial charge in [0.2, 0.25) is 0 Å². The summed E-state index contributed by atoms with van der Waals surface area (Å²) in [7, 11) is 0. The lowest BCUT2D eigenvalue weighted by atomic mass is 9.74. The van der Waals surface area contributed by atoms with Crippen LogP contribution in [0.15, 0.2) is 18.2 Å². The van der Waals surface area contributed by atoms with Gasteiger partial charge in [0.25, 0.3) is 0 Å². The molecular formula is C14H19ClO. The molecule has 0 saturated carbocycles. The fraction of sp³-hybridized carbons (Fsp3) is 0.571. The maximum Gasteiger partial charge on any atom is 0.0474 e. The van der Waals surface area contributed by atoms with E-state index in [9.17, 15) is 0 Å². The smallest absolute Gasteiger partial charge is 0.0474 e. The molecule has 0 aromatic heterocycles. The van der Waals surface area contributed by atoms with Crippen LogP contribution in [-0.2, 0) is 10.2 Å². The van der Waals surface area contributed by atoms with Gasteiger partial charge >= 0.3 is 0 Å². The van der Waals surface area contributed by atoms with Gasteiger partial charge in [0.1, 0.15) is 0 Å². The molecule has 0 N–H and O–H groups in total. The second-order valence-corrected chi connectivity index (χ2v) is 5.11. The molecule has 1 aromatic carbocycles. The first-order valence-electron chi connectivity index (χ1n) is 5.89. The Bertz CT molecular complexity index is 367. The summed E-state index contributed by atoms with van der Waals surface area (Å²) in [5.74, 6) is 0.695. The van der Waals surface area contributed by atoms with E-state index < -0.39 is 0 Å². The van der Waals surface area contributed by atoms with Crippen molar-refractivity contribution in [2.45, 2.75) is 32.1 Å². The van der Waals surface area contributed by atoms with E-state index in [4.69, 9.17) is 16.3 Å². The Morgan fingerprint density at radius 3 is 2.56 bits per heavy atom. The summed E-state index contributed by atoms with van der Waals surface area (Å²) in [6, 6.07) is 6.66. The Labute approximate surface area is 103 Å². The van der Waals surface area contributed by atoms with E-state index >= 15 is 0 Å². The zero-order chi connectivity index (χ0) is 11.6. The second kappa shape index (κ2) is 4.77. The molecule has 0 spiro atoms. The van der Waals surface area contributed by atoms with E-state index in [0.29, 0.717) is 5.88 Å². The summed E-state index contributed by atoms with van der Waals surface area (Å²) < 4.78 is 5.46. The third-order valence-corrected chi connectivity index (χ3v) is 4.18. The van der Waals surface area contributed by atoms with Crippen molar-refractivity contribution in [3.05, 3.63) is 34.9 Å². The first-order chi connectivity index (χ1) is 7.68. The molecule has 0 radical (unpaired) electrons. The van der Waals surface area contributed by atoms with Gasteiger partial charge < -0.3 is 4.74 Å². The van der Waals surface area contributed by atoms with Crippen molar-refractivity contribution in [1.29, 1.82) is 0 Å². The average Bonchev–Trinajstić information content (AvgIpc) is 2.33. The highest BCUT2D eigenvalue weighted by Gasteiger charge is 2.34. The van der Waals surface area contributed by atoms with Crippen molar-refractivity contribution in [2.24, 2.45) is 0 Å². The Hall–Kier alpha value is -0.530. The van der Waals surface area contributed by atoms with Gasteiger partial charge in [-0.25, -0.2) is 0 Å². The van der Waals surface area contributed by atoms with Crippen molar-refractivity contribution in [3.63, 3.8) is 0 Å². The molecule has 88 valence electrons. The molecule has 0 atom stereocenters. The van der Waals surface area contributed by atoms with Gasteiger partial charge in [0, 0.05) is 24.5 Å². The Morgan fingerprint density at radius 1 is 1.25 bits per heavy atom. The van der Waals surface area contributed by atoms with Gasteiger partial charge in [-0.3, -0.25) is 0 Å². The van der Waals surface area contributed by atoms with Gasteiger partial charge in [-0.2, -0.15) is 0 Å². The van der Waals surface area contributed by atoms with Gasteiger partial charge in [-0.15, -0.1) is 11.6 Å². The predicted molar refractivity (Wildman–Crippen MR) is 68.4 cm³/mol. The first-order valence-corrected chi connectivity index (χ1v) is 6.43. The molecular weight excluding hydrogens is 220 g/mol. The number of benzene rings is 1. The minimum atomic E-state index is 0.135. The van der Waals surface area contributed by atoms with E-state index in [0.717, 1.165) is 26.1 Å². The molecule has 1 saturated heterocycles. The highest BCUT2D eigenvalue weighted by atomic mass is 35.5. The molecule has 16 heavy (non-hydrogen) atoms. The highest BCUT2D eigenvalue weighted by Crippen LogP contribution is 2.38. The van der Waals surface area contributed by atoms with E-state index in [-0.39, 0.29) is 5.41 Å². The van der Waals surface area contributed by atoms with E-state index in [1.807, 2.05) is 0 Å². The zero-order valence-corrected chi connectivity index (χ0v) is 10.8. The van der Waals surface area contributed by atoms with Crippen LogP contribution < -0.4 is 0 Å². The topological polar surface area (TPSA) is 9.23 Å². The number of halogens is 1. The fourth-order valence-electron chi connectivity index (χ4n) is 2.54. The lowest BCUT2D eigenvalue weighted by Crippen LogP contribution is -2.36. The summed E-state index contributed by atoms with van der Waals surface area (Å²) in [5, 5.41) is 0. The molecule has 0 aliphatic carbocycles. The zero-order valence-electron chi connectivity index (χ0n) is 10.1. The highest BCUT2D eigenvalue weighted by molar-refractivity contribution is 6.18. The standard InChI is InChI=1S/C14H19ClO/c1-11-3-4-12(2)13(9-11)14(10-15)5-7-16-8-6-14/h3-4,9H,5-8,10H2,1-2H3. The van der Waals surface area contributed by atoms with Crippen LogP contribution in [-0.4, -0.2) is 19.1 Å². The number of ether oxygens (including phenoxy) is 1. The van der Waals surface area contributed by atoms with Gasteiger partial charge in [0.05, 0.1) is 0 Å². The maximum atomic E-state index is 6.24. The lowest BCUT2D eigenvalue weighted by molar-refractivity contribution is 0.0573. The SMILES string of the molecule is Cc1ccc(C)c(C2(CCl)CCOCC2)c1. The van der Waals surface area contributed by atoms with Crippen molar-refractivity contribution in [1.82, 2.24) is 0 Å².